The fourth-order valence-electron chi connectivity index (χ4n) is 0.120. The molecule has 3 heteroatoms. The Kier molecular flexibility index (Phi) is 2.19. The van der Waals surface area contributed by atoms with E-state index in [1.807, 2.05) is 0 Å². The van der Waals surface area contributed by atoms with Crippen LogP contribution in [0.1, 0.15) is 0 Å². The molecule has 0 aromatic heterocycles. The molecule has 3 N–H and O–H groups in total. The van der Waals surface area contributed by atoms with Crippen molar-refractivity contribution < 1.29 is 0 Å². The zero-order valence-corrected chi connectivity index (χ0v) is 4.44. The summed E-state index contributed by atoms with van der Waals surface area (Å²) in [7, 11) is 1.72. The van der Waals surface area contributed by atoms with Gasteiger partial charge >= 0.3 is 0 Å². The maximum atomic E-state index is 6.76. The van der Waals surface area contributed by atoms with Gasteiger partial charge in [0.1, 0.15) is 0 Å². The SMILES string of the molecule is [CH2]CN(C)C(=N)N. The lowest BCUT2D eigenvalue weighted by Gasteiger charge is -2.11. The Hall–Kier alpha value is -0.730. The molecular weight excluding hydrogens is 90.1 g/mol. The minimum atomic E-state index is 0.0648. The van der Waals surface area contributed by atoms with Crippen LogP contribution in [0.4, 0.5) is 0 Å². The predicted octanol–water partition coefficient (Wildman–Crippen LogP) is -0.354. The summed E-state index contributed by atoms with van der Waals surface area (Å²) in [6.07, 6.45) is 0. The van der Waals surface area contributed by atoms with E-state index in [4.69, 9.17) is 11.1 Å². The van der Waals surface area contributed by atoms with Gasteiger partial charge in [-0.1, -0.05) is 0 Å². The highest BCUT2D eigenvalue weighted by Crippen LogP contribution is 1.72. The van der Waals surface area contributed by atoms with E-state index < -0.39 is 0 Å². The first-order chi connectivity index (χ1) is 3.18. The molecule has 7 heavy (non-hydrogen) atoms. The van der Waals surface area contributed by atoms with Gasteiger partial charge in [-0.2, -0.15) is 0 Å². The quantitative estimate of drug-likeness (QED) is 0.349. The van der Waals surface area contributed by atoms with Gasteiger partial charge in [0.25, 0.3) is 0 Å². The molecule has 0 spiro atoms. The molecule has 0 amide bonds. The van der Waals surface area contributed by atoms with Crippen LogP contribution in [0.25, 0.3) is 0 Å². The molecule has 0 bridgehead atoms. The molecule has 0 aromatic carbocycles. The molecule has 3 nitrogen and oxygen atoms in total. The zero-order valence-electron chi connectivity index (χ0n) is 4.44. The minimum Gasteiger partial charge on any atom is -0.370 e. The van der Waals surface area contributed by atoms with Gasteiger partial charge in [0, 0.05) is 13.6 Å². The van der Waals surface area contributed by atoms with Gasteiger partial charge < -0.3 is 10.6 Å². The van der Waals surface area contributed by atoms with Gasteiger partial charge in [0.15, 0.2) is 5.96 Å². The van der Waals surface area contributed by atoms with E-state index in [2.05, 4.69) is 6.92 Å². The van der Waals surface area contributed by atoms with Crippen molar-refractivity contribution in [3.8, 4) is 0 Å². The molecule has 0 rings (SSSR count). The first-order valence-electron chi connectivity index (χ1n) is 2.03. The third kappa shape index (κ3) is 2.03. The largest absolute Gasteiger partial charge is 0.370 e. The fraction of sp³-hybridized carbons (Fsp3) is 0.500. The Morgan fingerprint density at radius 2 is 2.43 bits per heavy atom. The normalized spacial score (nSPS) is 8.29. The van der Waals surface area contributed by atoms with Gasteiger partial charge in [0.05, 0.1) is 0 Å². The van der Waals surface area contributed by atoms with Gasteiger partial charge in [0.2, 0.25) is 0 Å². The smallest absolute Gasteiger partial charge is 0.188 e. The summed E-state index contributed by atoms with van der Waals surface area (Å²) in [6, 6.07) is 0. The first-order valence-corrected chi connectivity index (χ1v) is 2.03. The molecule has 0 unspecified atom stereocenters. The van der Waals surface area contributed by atoms with Crippen LogP contribution in [0.3, 0.4) is 0 Å². The van der Waals surface area contributed by atoms with Crippen LogP contribution in [0.2, 0.25) is 0 Å². The van der Waals surface area contributed by atoms with E-state index in [0.717, 1.165) is 0 Å². The van der Waals surface area contributed by atoms with Crippen molar-refractivity contribution in [3.63, 3.8) is 0 Å². The van der Waals surface area contributed by atoms with Crippen LogP contribution in [0.5, 0.6) is 0 Å². The lowest BCUT2D eigenvalue weighted by molar-refractivity contribution is 0.551. The van der Waals surface area contributed by atoms with Crippen molar-refractivity contribution >= 4 is 5.96 Å². The third-order valence-electron chi connectivity index (χ3n) is 0.747. The van der Waals surface area contributed by atoms with Crippen LogP contribution in [-0.4, -0.2) is 24.5 Å². The van der Waals surface area contributed by atoms with E-state index in [0.29, 0.717) is 6.54 Å². The monoisotopic (exact) mass is 100 g/mol. The number of nitrogens with zero attached hydrogens (tertiary/aromatic N) is 1. The average Bonchev–Trinajstić information content (AvgIpc) is 1.65. The lowest BCUT2D eigenvalue weighted by Crippen LogP contribution is -2.32. The summed E-state index contributed by atoms with van der Waals surface area (Å²) < 4.78 is 0. The molecule has 0 aliphatic rings. The molecule has 0 saturated heterocycles. The van der Waals surface area contributed by atoms with Crippen LogP contribution >= 0.6 is 0 Å². The Labute approximate surface area is 43.6 Å². The first kappa shape index (κ1) is 6.27. The number of hydrogen-bond donors (Lipinski definition) is 2. The maximum Gasteiger partial charge on any atom is 0.188 e. The van der Waals surface area contributed by atoms with E-state index >= 15 is 0 Å². The van der Waals surface area contributed by atoms with E-state index in [1.165, 1.54) is 0 Å². The van der Waals surface area contributed by atoms with Gasteiger partial charge in [-0.15, -0.1) is 0 Å². The molecule has 0 fully saturated rings. The Balaban J connectivity index is 3.34. The van der Waals surface area contributed by atoms with Gasteiger partial charge in [-0.25, -0.2) is 0 Å². The topological polar surface area (TPSA) is 53.1 Å². The third-order valence-corrected chi connectivity index (χ3v) is 0.747. The molecule has 1 radical (unpaired) electrons. The summed E-state index contributed by atoms with van der Waals surface area (Å²) in [6.45, 7) is 4.06. The number of rotatable bonds is 1. The number of nitrogens with one attached hydrogen (secondary N) is 1. The van der Waals surface area contributed by atoms with E-state index in [9.17, 15) is 0 Å². The second kappa shape index (κ2) is 2.44. The Bertz CT molecular complexity index is 69.3. The number of guanidine groups is 1. The van der Waals surface area contributed by atoms with E-state index in [1.54, 1.807) is 11.9 Å². The Morgan fingerprint density at radius 1 is 2.00 bits per heavy atom. The van der Waals surface area contributed by atoms with Crippen molar-refractivity contribution in [1.82, 2.24) is 4.90 Å². The van der Waals surface area contributed by atoms with Crippen LogP contribution in [0.15, 0.2) is 0 Å². The van der Waals surface area contributed by atoms with Crippen molar-refractivity contribution in [3.05, 3.63) is 6.92 Å². The number of nitrogens with two attached hydrogens (primary N) is 1. The molecule has 0 aliphatic carbocycles. The summed E-state index contributed by atoms with van der Waals surface area (Å²) in [5.74, 6) is 0.0648. The van der Waals surface area contributed by atoms with Crippen LogP contribution in [-0.2, 0) is 0 Å². The fourth-order valence-corrected chi connectivity index (χ4v) is 0.120. The molecule has 0 saturated carbocycles. The van der Waals surface area contributed by atoms with Gasteiger partial charge in [-0.3, -0.25) is 5.41 Å². The molecule has 0 aliphatic heterocycles. The van der Waals surface area contributed by atoms with Crippen LogP contribution < -0.4 is 5.73 Å². The zero-order chi connectivity index (χ0) is 5.86. The Morgan fingerprint density at radius 3 is 2.43 bits per heavy atom. The predicted molar refractivity (Wildman–Crippen MR) is 29.9 cm³/mol. The molecule has 0 heterocycles. The van der Waals surface area contributed by atoms with Crippen LogP contribution in [0, 0.1) is 12.3 Å². The second-order valence-electron chi connectivity index (χ2n) is 1.31. The van der Waals surface area contributed by atoms with Crippen molar-refractivity contribution in [1.29, 1.82) is 5.41 Å². The number of hydrogen-bond acceptors (Lipinski definition) is 1. The van der Waals surface area contributed by atoms with Gasteiger partial charge in [-0.05, 0) is 6.92 Å². The highest BCUT2D eigenvalue weighted by molar-refractivity contribution is 5.74. The molecular formula is C4H10N3. The summed E-state index contributed by atoms with van der Waals surface area (Å²) >= 11 is 0. The van der Waals surface area contributed by atoms with Crippen molar-refractivity contribution in [2.75, 3.05) is 13.6 Å². The minimum absolute atomic E-state index is 0.0648. The molecule has 0 atom stereocenters. The highest BCUT2D eigenvalue weighted by atomic mass is 15.2. The summed E-state index contributed by atoms with van der Waals surface area (Å²) in [5.41, 5.74) is 5.02. The summed E-state index contributed by atoms with van der Waals surface area (Å²) in [4.78, 5) is 1.54. The molecule has 41 valence electrons. The maximum absolute atomic E-state index is 6.76. The standard InChI is InChI=1S/C4H10N3/c1-3-7(2)4(5)6/h1,3H2,2H3,(H3,5,6). The van der Waals surface area contributed by atoms with Crippen molar-refractivity contribution in [2.24, 2.45) is 5.73 Å². The van der Waals surface area contributed by atoms with Crippen molar-refractivity contribution in [2.45, 2.75) is 0 Å². The average molecular weight is 100 g/mol. The second-order valence-corrected chi connectivity index (χ2v) is 1.31. The van der Waals surface area contributed by atoms with E-state index in [-0.39, 0.29) is 5.96 Å². The highest BCUT2D eigenvalue weighted by Gasteiger charge is 1.90. The molecule has 0 aromatic rings. The summed E-state index contributed by atoms with van der Waals surface area (Å²) in [5, 5.41) is 6.76. The lowest BCUT2D eigenvalue weighted by atomic mass is 10.6.